The van der Waals surface area contributed by atoms with Crippen LogP contribution in [-0.4, -0.2) is 35.7 Å². The molecule has 1 amide bonds. The molecule has 0 saturated heterocycles. The van der Waals surface area contributed by atoms with Crippen LogP contribution in [0.25, 0.3) is 0 Å². The van der Waals surface area contributed by atoms with Gasteiger partial charge in [0.25, 0.3) is 0 Å². The molecule has 0 saturated carbocycles. The lowest BCUT2D eigenvalue weighted by Gasteiger charge is -2.12. The normalized spacial score (nSPS) is 10.4. The second kappa shape index (κ2) is 7.33. The fourth-order valence-corrected chi connectivity index (χ4v) is 2.37. The maximum atomic E-state index is 11.7. The molecule has 2 aromatic heterocycles. The quantitative estimate of drug-likeness (QED) is 0.498. The highest BCUT2D eigenvalue weighted by atomic mass is 35.5. The van der Waals surface area contributed by atoms with Crippen molar-refractivity contribution < 1.29 is 9.21 Å². The summed E-state index contributed by atoms with van der Waals surface area (Å²) < 4.78 is 5.14. The van der Waals surface area contributed by atoms with E-state index in [-0.39, 0.29) is 11.7 Å². The van der Waals surface area contributed by atoms with Crippen LogP contribution >= 0.6 is 23.4 Å². The first-order valence-electron chi connectivity index (χ1n) is 6.18. The Hall–Kier alpha value is -1.73. The van der Waals surface area contributed by atoms with Crippen LogP contribution in [0, 0.1) is 0 Å². The van der Waals surface area contributed by atoms with Gasteiger partial charge in [0.2, 0.25) is 5.91 Å². The lowest BCUT2D eigenvalue weighted by atomic mass is 10.4. The highest BCUT2D eigenvalue weighted by Gasteiger charge is 2.09. The van der Waals surface area contributed by atoms with Gasteiger partial charge >= 0.3 is 0 Å². The van der Waals surface area contributed by atoms with Crippen LogP contribution in [0.5, 0.6) is 0 Å². The van der Waals surface area contributed by atoms with Crippen molar-refractivity contribution in [3.8, 4) is 0 Å². The first kappa shape index (κ1) is 15.7. The minimum Gasteiger partial charge on any atom is -0.467 e. The molecule has 1 N–H and O–H groups in total. The molecular formula is C13H15ClN4O2S. The van der Waals surface area contributed by atoms with E-state index in [1.807, 2.05) is 19.0 Å². The van der Waals surface area contributed by atoms with Crippen molar-refractivity contribution in [1.82, 2.24) is 15.3 Å². The SMILES string of the molecule is CN(C)c1cc(Cl)nc(SCC(=O)NCc2ccco2)n1. The van der Waals surface area contributed by atoms with Gasteiger partial charge in [-0.3, -0.25) is 4.79 Å². The van der Waals surface area contributed by atoms with Gasteiger partial charge in [-0.25, -0.2) is 9.97 Å². The first-order valence-corrected chi connectivity index (χ1v) is 7.55. The minimum atomic E-state index is -0.119. The number of rotatable bonds is 6. The molecule has 21 heavy (non-hydrogen) atoms. The Bertz CT molecular complexity index is 604. The van der Waals surface area contributed by atoms with Crippen molar-refractivity contribution in [3.63, 3.8) is 0 Å². The second-order valence-corrected chi connectivity index (χ2v) is 5.70. The van der Waals surface area contributed by atoms with Crippen LogP contribution in [0.3, 0.4) is 0 Å². The first-order chi connectivity index (χ1) is 10.0. The molecule has 0 aromatic carbocycles. The Labute approximate surface area is 131 Å². The lowest BCUT2D eigenvalue weighted by Crippen LogP contribution is -2.24. The fraction of sp³-hybridized carbons (Fsp3) is 0.308. The fourth-order valence-electron chi connectivity index (χ4n) is 1.46. The molecule has 0 bridgehead atoms. The van der Waals surface area contributed by atoms with Crippen LogP contribution in [-0.2, 0) is 11.3 Å². The predicted octanol–water partition coefficient (Wildman–Crippen LogP) is 2.20. The van der Waals surface area contributed by atoms with Crippen LogP contribution in [0.1, 0.15) is 5.76 Å². The van der Waals surface area contributed by atoms with Crippen molar-refractivity contribution in [3.05, 3.63) is 35.4 Å². The zero-order chi connectivity index (χ0) is 15.2. The van der Waals surface area contributed by atoms with Crippen LogP contribution in [0.15, 0.2) is 34.0 Å². The Morgan fingerprint density at radius 3 is 2.95 bits per heavy atom. The van der Waals surface area contributed by atoms with Gasteiger partial charge in [0, 0.05) is 20.2 Å². The van der Waals surface area contributed by atoms with Crippen molar-refractivity contribution >= 4 is 35.1 Å². The molecule has 0 atom stereocenters. The summed E-state index contributed by atoms with van der Waals surface area (Å²) in [6.45, 7) is 0.367. The molecule has 112 valence electrons. The van der Waals surface area contributed by atoms with E-state index < -0.39 is 0 Å². The summed E-state index contributed by atoms with van der Waals surface area (Å²) in [6, 6.07) is 5.25. The van der Waals surface area contributed by atoms with Gasteiger partial charge in [-0.15, -0.1) is 0 Å². The lowest BCUT2D eigenvalue weighted by molar-refractivity contribution is -0.118. The summed E-state index contributed by atoms with van der Waals surface area (Å²) in [5, 5.41) is 3.58. The van der Waals surface area contributed by atoms with Crippen LogP contribution in [0.4, 0.5) is 5.82 Å². The molecule has 2 rings (SSSR count). The number of carbonyl (C=O) groups excluding carboxylic acids is 1. The highest BCUT2D eigenvalue weighted by Crippen LogP contribution is 2.20. The number of carbonyl (C=O) groups is 1. The van der Waals surface area contributed by atoms with Gasteiger partial charge in [0.1, 0.15) is 16.7 Å². The van der Waals surface area contributed by atoms with E-state index in [0.717, 1.165) is 0 Å². The number of amides is 1. The molecule has 6 nitrogen and oxygen atoms in total. The molecule has 8 heteroatoms. The topological polar surface area (TPSA) is 71.3 Å². The molecule has 0 radical (unpaired) electrons. The standard InChI is InChI=1S/C13H15ClN4O2S/c1-18(2)11-6-10(14)16-13(17-11)21-8-12(19)15-7-9-4-3-5-20-9/h3-6H,7-8H2,1-2H3,(H,15,19). The van der Waals surface area contributed by atoms with Gasteiger partial charge in [-0.2, -0.15) is 0 Å². The number of halogens is 1. The van der Waals surface area contributed by atoms with Gasteiger partial charge in [0.05, 0.1) is 18.6 Å². The second-order valence-electron chi connectivity index (χ2n) is 4.37. The zero-order valence-corrected chi connectivity index (χ0v) is 13.2. The zero-order valence-electron chi connectivity index (χ0n) is 11.7. The maximum absolute atomic E-state index is 11.7. The third-order valence-electron chi connectivity index (χ3n) is 2.49. The minimum absolute atomic E-state index is 0.119. The number of furan rings is 1. The van der Waals surface area contributed by atoms with Crippen LogP contribution < -0.4 is 10.2 Å². The summed E-state index contributed by atoms with van der Waals surface area (Å²) in [6.07, 6.45) is 1.57. The smallest absolute Gasteiger partial charge is 0.230 e. The van der Waals surface area contributed by atoms with Crippen molar-refractivity contribution in [1.29, 1.82) is 0 Å². The van der Waals surface area contributed by atoms with E-state index >= 15 is 0 Å². The Morgan fingerprint density at radius 2 is 2.29 bits per heavy atom. The van der Waals surface area contributed by atoms with E-state index in [1.54, 1.807) is 24.5 Å². The number of aromatic nitrogens is 2. The third kappa shape index (κ3) is 4.95. The van der Waals surface area contributed by atoms with E-state index in [2.05, 4.69) is 15.3 Å². The third-order valence-corrected chi connectivity index (χ3v) is 3.53. The Kier molecular flexibility index (Phi) is 5.46. The molecule has 2 aromatic rings. The average Bonchev–Trinajstić information content (AvgIpc) is 2.95. The Morgan fingerprint density at radius 1 is 1.48 bits per heavy atom. The van der Waals surface area contributed by atoms with Crippen molar-refractivity contribution in [2.24, 2.45) is 0 Å². The van der Waals surface area contributed by atoms with E-state index in [0.29, 0.717) is 28.4 Å². The Balaban J connectivity index is 1.86. The number of nitrogens with zero attached hydrogens (tertiary/aromatic N) is 3. The van der Waals surface area contributed by atoms with Gasteiger partial charge in [-0.1, -0.05) is 23.4 Å². The molecule has 0 spiro atoms. The van der Waals surface area contributed by atoms with E-state index in [4.69, 9.17) is 16.0 Å². The van der Waals surface area contributed by atoms with Crippen LogP contribution in [0.2, 0.25) is 5.15 Å². The number of anilines is 1. The molecular weight excluding hydrogens is 312 g/mol. The average molecular weight is 327 g/mol. The largest absolute Gasteiger partial charge is 0.467 e. The molecule has 0 aliphatic heterocycles. The van der Waals surface area contributed by atoms with E-state index in [1.165, 1.54) is 11.8 Å². The molecule has 0 aliphatic rings. The van der Waals surface area contributed by atoms with Gasteiger partial charge in [0.15, 0.2) is 5.16 Å². The summed E-state index contributed by atoms with van der Waals surface area (Å²) in [7, 11) is 3.73. The number of thioether (sulfide) groups is 1. The maximum Gasteiger partial charge on any atom is 0.230 e. The van der Waals surface area contributed by atoms with E-state index in [9.17, 15) is 4.79 Å². The van der Waals surface area contributed by atoms with Gasteiger partial charge < -0.3 is 14.6 Å². The molecule has 0 fully saturated rings. The molecule has 0 unspecified atom stereocenters. The number of nitrogens with one attached hydrogen (secondary N) is 1. The summed E-state index contributed by atoms with van der Waals surface area (Å²) in [5.74, 6) is 1.51. The monoisotopic (exact) mass is 326 g/mol. The predicted molar refractivity (Wildman–Crippen MR) is 82.6 cm³/mol. The molecule has 2 heterocycles. The van der Waals surface area contributed by atoms with Crippen molar-refractivity contribution in [2.75, 3.05) is 24.7 Å². The molecule has 0 aliphatic carbocycles. The number of hydrogen-bond donors (Lipinski definition) is 1. The highest BCUT2D eigenvalue weighted by molar-refractivity contribution is 7.99. The van der Waals surface area contributed by atoms with Gasteiger partial charge in [-0.05, 0) is 12.1 Å². The summed E-state index contributed by atoms with van der Waals surface area (Å²) >= 11 is 7.17. The van der Waals surface area contributed by atoms with Crippen molar-refractivity contribution in [2.45, 2.75) is 11.7 Å². The summed E-state index contributed by atoms with van der Waals surface area (Å²) in [4.78, 5) is 22.0. The number of hydrogen-bond acceptors (Lipinski definition) is 6. The summed E-state index contributed by atoms with van der Waals surface area (Å²) in [5.41, 5.74) is 0.